The first-order valence-electron chi connectivity index (χ1n) is 10.5. The van der Waals surface area contributed by atoms with Crippen molar-refractivity contribution in [3.8, 4) is 0 Å². The first kappa shape index (κ1) is 18.9. The Kier molecular flexibility index (Phi) is 5.87. The largest absolute Gasteiger partial charge is 0.356 e. The second-order valence-electron chi connectivity index (χ2n) is 7.89. The molecule has 0 aliphatic carbocycles. The monoisotopic (exact) mass is 387 g/mol. The van der Waals surface area contributed by atoms with Gasteiger partial charge >= 0.3 is 0 Å². The van der Waals surface area contributed by atoms with E-state index in [-0.39, 0.29) is 5.91 Å². The maximum atomic E-state index is 11.1. The SMILES string of the molecule is CC(=O)NCCC1CCN(c2nc3nonc3nc2N2CCCCCC2)CC1. The second-order valence-corrected chi connectivity index (χ2v) is 7.89. The van der Waals surface area contributed by atoms with E-state index in [0.717, 1.165) is 63.6 Å². The predicted molar refractivity (Wildman–Crippen MR) is 106 cm³/mol. The number of hydrogen-bond donors (Lipinski definition) is 1. The highest BCUT2D eigenvalue weighted by Gasteiger charge is 2.26. The van der Waals surface area contributed by atoms with Crippen LogP contribution in [0.5, 0.6) is 0 Å². The molecule has 2 fully saturated rings. The molecule has 2 aromatic rings. The van der Waals surface area contributed by atoms with E-state index in [1.54, 1.807) is 6.92 Å². The maximum absolute atomic E-state index is 11.1. The van der Waals surface area contributed by atoms with Crippen LogP contribution < -0.4 is 15.1 Å². The van der Waals surface area contributed by atoms with Crippen molar-refractivity contribution in [2.75, 3.05) is 42.5 Å². The fraction of sp³-hybridized carbons (Fsp3) is 0.737. The zero-order valence-electron chi connectivity index (χ0n) is 16.6. The van der Waals surface area contributed by atoms with E-state index in [4.69, 9.17) is 14.6 Å². The molecule has 4 heterocycles. The fourth-order valence-electron chi connectivity index (χ4n) is 4.21. The average molecular weight is 387 g/mol. The normalized spacial score (nSPS) is 19.0. The lowest BCUT2D eigenvalue weighted by Gasteiger charge is -2.35. The lowest BCUT2D eigenvalue weighted by Crippen LogP contribution is -2.37. The Balaban J connectivity index is 1.49. The first-order valence-corrected chi connectivity index (χ1v) is 10.5. The van der Waals surface area contributed by atoms with Crippen LogP contribution in [0.15, 0.2) is 4.63 Å². The third kappa shape index (κ3) is 4.34. The summed E-state index contributed by atoms with van der Waals surface area (Å²) in [5, 5.41) is 10.7. The molecule has 2 aliphatic heterocycles. The van der Waals surface area contributed by atoms with Gasteiger partial charge in [0.15, 0.2) is 11.6 Å². The molecule has 9 nitrogen and oxygen atoms in total. The molecule has 1 N–H and O–H groups in total. The summed E-state index contributed by atoms with van der Waals surface area (Å²) >= 11 is 0. The van der Waals surface area contributed by atoms with Crippen LogP contribution in [0.2, 0.25) is 0 Å². The number of nitrogens with zero attached hydrogens (tertiary/aromatic N) is 6. The van der Waals surface area contributed by atoms with Crippen LogP contribution in [0, 0.1) is 5.92 Å². The quantitative estimate of drug-likeness (QED) is 0.833. The summed E-state index contributed by atoms with van der Waals surface area (Å²) in [6, 6.07) is 0. The van der Waals surface area contributed by atoms with E-state index < -0.39 is 0 Å². The number of piperidine rings is 1. The number of carbonyl (C=O) groups excluding carboxylic acids is 1. The van der Waals surface area contributed by atoms with Crippen molar-refractivity contribution in [1.29, 1.82) is 0 Å². The molecule has 1 amide bonds. The standard InChI is InChI=1S/C19H29N7O2/c1-14(27)20-9-6-15-7-12-26(13-8-15)19-18(25-10-4-2-3-5-11-25)21-16-17(22-19)24-28-23-16/h15H,2-13H2,1H3,(H,20,27). The Morgan fingerprint density at radius 1 is 0.964 bits per heavy atom. The number of amides is 1. The Morgan fingerprint density at radius 3 is 2.11 bits per heavy atom. The number of anilines is 2. The van der Waals surface area contributed by atoms with E-state index in [0.29, 0.717) is 17.2 Å². The third-order valence-corrected chi connectivity index (χ3v) is 5.82. The predicted octanol–water partition coefficient (Wildman–Crippen LogP) is 2.14. The van der Waals surface area contributed by atoms with Gasteiger partial charge in [-0.05, 0) is 48.3 Å². The molecular weight excluding hydrogens is 358 g/mol. The highest BCUT2D eigenvalue weighted by molar-refractivity contribution is 5.75. The van der Waals surface area contributed by atoms with E-state index in [2.05, 4.69) is 25.4 Å². The molecule has 0 aromatic carbocycles. The topological polar surface area (TPSA) is 100 Å². The summed E-state index contributed by atoms with van der Waals surface area (Å²) < 4.78 is 4.86. The number of fused-ring (bicyclic) bond motifs is 1. The van der Waals surface area contributed by atoms with Gasteiger partial charge in [-0.1, -0.05) is 12.8 Å². The Bertz CT molecular complexity index is 793. The minimum absolute atomic E-state index is 0.0457. The Labute approximate surface area is 164 Å². The molecule has 0 atom stereocenters. The molecule has 28 heavy (non-hydrogen) atoms. The van der Waals surface area contributed by atoms with Crippen molar-refractivity contribution in [2.24, 2.45) is 5.92 Å². The maximum Gasteiger partial charge on any atom is 0.245 e. The molecule has 9 heteroatoms. The van der Waals surface area contributed by atoms with Gasteiger partial charge in [0.25, 0.3) is 0 Å². The molecule has 2 aliphatic rings. The van der Waals surface area contributed by atoms with Gasteiger partial charge < -0.3 is 15.1 Å². The number of rotatable bonds is 5. The van der Waals surface area contributed by atoms with E-state index >= 15 is 0 Å². The molecule has 0 spiro atoms. The summed E-state index contributed by atoms with van der Waals surface area (Å²) in [4.78, 5) is 25.3. The average Bonchev–Trinajstić information content (AvgIpc) is 2.99. The van der Waals surface area contributed by atoms with Crippen LogP contribution >= 0.6 is 0 Å². The number of nitrogens with one attached hydrogen (secondary N) is 1. The summed E-state index contributed by atoms with van der Waals surface area (Å²) in [5.74, 6) is 2.51. The van der Waals surface area contributed by atoms with Crippen molar-refractivity contribution in [3.63, 3.8) is 0 Å². The van der Waals surface area contributed by atoms with Crippen molar-refractivity contribution in [2.45, 2.75) is 51.9 Å². The van der Waals surface area contributed by atoms with E-state index in [1.807, 2.05) is 0 Å². The van der Waals surface area contributed by atoms with Crippen LogP contribution in [-0.4, -0.2) is 58.9 Å². The van der Waals surface area contributed by atoms with Gasteiger partial charge in [-0.25, -0.2) is 14.6 Å². The third-order valence-electron chi connectivity index (χ3n) is 5.82. The molecule has 0 radical (unpaired) electrons. The summed E-state index contributed by atoms with van der Waals surface area (Å²) in [6.45, 7) is 6.22. The first-order chi connectivity index (χ1) is 13.7. The Morgan fingerprint density at radius 2 is 1.54 bits per heavy atom. The Hall–Kier alpha value is -2.45. The minimum atomic E-state index is 0.0457. The smallest absolute Gasteiger partial charge is 0.245 e. The summed E-state index contributed by atoms with van der Waals surface area (Å²) in [7, 11) is 0. The molecule has 2 saturated heterocycles. The number of carbonyl (C=O) groups is 1. The van der Waals surface area contributed by atoms with Gasteiger partial charge in [-0.3, -0.25) is 4.79 Å². The lowest BCUT2D eigenvalue weighted by molar-refractivity contribution is -0.119. The highest BCUT2D eigenvalue weighted by atomic mass is 16.6. The van der Waals surface area contributed by atoms with Crippen LogP contribution in [0.4, 0.5) is 11.6 Å². The van der Waals surface area contributed by atoms with Gasteiger partial charge in [0.2, 0.25) is 17.2 Å². The molecule has 0 unspecified atom stereocenters. The van der Waals surface area contributed by atoms with Crippen molar-refractivity contribution < 1.29 is 9.42 Å². The van der Waals surface area contributed by atoms with Crippen molar-refractivity contribution >= 4 is 28.8 Å². The molecular formula is C19H29N7O2. The zero-order chi connectivity index (χ0) is 19.3. The number of hydrogen-bond acceptors (Lipinski definition) is 8. The van der Waals surface area contributed by atoms with Crippen LogP contribution in [0.3, 0.4) is 0 Å². The van der Waals surface area contributed by atoms with Gasteiger partial charge in [0.1, 0.15) is 0 Å². The van der Waals surface area contributed by atoms with E-state index in [9.17, 15) is 4.79 Å². The minimum Gasteiger partial charge on any atom is -0.356 e. The molecule has 152 valence electrons. The summed E-state index contributed by atoms with van der Waals surface area (Å²) in [5.41, 5.74) is 0.953. The van der Waals surface area contributed by atoms with Gasteiger partial charge in [0.05, 0.1) is 0 Å². The number of aromatic nitrogens is 4. The van der Waals surface area contributed by atoms with Crippen molar-refractivity contribution in [3.05, 3.63) is 0 Å². The van der Waals surface area contributed by atoms with Gasteiger partial charge in [0, 0.05) is 39.6 Å². The van der Waals surface area contributed by atoms with E-state index in [1.165, 1.54) is 25.7 Å². The molecule has 0 saturated carbocycles. The zero-order valence-corrected chi connectivity index (χ0v) is 16.6. The van der Waals surface area contributed by atoms with Crippen molar-refractivity contribution in [1.82, 2.24) is 25.6 Å². The van der Waals surface area contributed by atoms with Crippen LogP contribution in [-0.2, 0) is 4.79 Å². The summed E-state index contributed by atoms with van der Waals surface area (Å²) in [6.07, 6.45) is 8.12. The molecule has 0 bridgehead atoms. The molecule has 2 aromatic heterocycles. The second kappa shape index (κ2) is 8.70. The fourth-order valence-corrected chi connectivity index (χ4v) is 4.21. The van der Waals surface area contributed by atoms with Gasteiger partial charge in [-0.2, -0.15) is 0 Å². The van der Waals surface area contributed by atoms with Gasteiger partial charge in [-0.15, -0.1) is 0 Å². The lowest BCUT2D eigenvalue weighted by atomic mass is 9.93. The van der Waals surface area contributed by atoms with Crippen LogP contribution in [0.1, 0.15) is 51.9 Å². The van der Waals surface area contributed by atoms with Crippen LogP contribution in [0.25, 0.3) is 11.3 Å². The highest BCUT2D eigenvalue weighted by Crippen LogP contribution is 2.32. The molecule has 4 rings (SSSR count).